The quantitative estimate of drug-likeness (QED) is 0.612. The van der Waals surface area contributed by atoms with Gasteiger partial charge < -0.3 is 0 Å². The Hall–Kier alpha value is -1.05. The van der Waals surface area contributed by atoms with Crippen LogP contribution in [0, 0.1) is 0 Å². The monoisotopic (exact) mass is 168 g/mol. The van der Waals surface area contributed by atoms with E-state index >= 15 is 0 Å². The van der Waals surface area contributed by atoms with Crippen LogP contribution in [0.4, 0.5) is 0 Å². The molecule has 0 aromatic carbocycles. The molecule has 0 bridgehead atoms. The van der Waals surface area contributed by atoms with Gasteiger partial charge in [-0.25, -0.2) is 0 Å². The minimum Gasteiger partial charge on any atom is -0.275 e. The summed E-state index contributed by atoms with van der Waals surface area (Å²) in [6.07, 6.45) is 4.89. The summed E-state index contributed by atoms with van der Waals surface area (Å²) in [5, 5.41) is 0. The summed E-state index contributed by atoms with van der Waals surface area (Å²) >= 11 is 0. The van der Waals surface area contributed by atoms with Gasteiger partial charge in [-0.3, -0.25) is 4.84 Å². The van der Waals surface area contributed by atoms with Crippen molar-refractivity contribution in [3.8, 4) is 0 Å². The van der Waals surface area contributed by atoms with Gasteiger partial charge in [-0.15, -0.1) is 0 Å². The molecule has 2 nitrogen and oxygen atoms in total. The minimum atomic E-state index is 1.05. The first-order chi connectivity index (χ1) is 5.86. The first-order valence-electron chi connectivity index (χ1n) is 4.41. The van der Waals surface area contributed by atoms with Gasteiger partial charge in [0, 0.05) is 16.4 Å². The molecule has 0 saturated carbocycles. The van der Waals surface area contributed by atoms with E-state index in [0.717, 1.165) is 6.42 Å². The zero-order valence-corrected chi connectivity index (χ0v) is 8.37. The van der Waals surface area contributed by atoms with Crippen LogP contribution in [0.5, 0.6) is 0 Å². The summed E-state index contributed by atoms with van der Waals surface area (Å²) in [5.41, 5.74) is 1.28. The average molecular weight is 168 g/mol. The van der Waals surface area contributed by atoms with Crippen molar-refractivity contribution < 1.29 is 9.57 Å². The molecule has 68 valence electrons. The number of hydrogen-bond donors (Lipinski definition) is 0. The van der Waals surface area contributed by atoms with E-state index in [4.69, 9.17) is 4.84 Å². The highest BCUT2D eigenvalue weighted by atomic mass is 16.6. The van der Waals surface area contributed by atoms with Crippen molar-refractivity contribution in [3.05, 3.63) is 30.1 Å². The fraction of sp³-hybridized carbons (Fsp3) is 0.500. The zero-order valence-electron chi connectivity index (χ0n) is 8.37. The second-order valence-corrected chi connectivity index (χ2v) is 2.11. The summed E-state index contributed by atoms with van der Waals surface area (Å²) < 4.78 is 1.69. The van der Waals surface area contributed by atoms with E-state index in [9.17, 15) is 0 Å². The summed E-state index contributed by atoms with van der Waals surface area (Å²) in [4.78, 5) is 4.97. The lowest BCUT2D eigenvalue weighted by molar-refractivity contribution is -0.885. The van der Waals surface area contributed by atoms with Crippen molar-refractivity contribution in [2.75, 3.05) is 7.11 Å². The molecule has 0 radical (unpaired) electrons. The van der Waals surface area contributed by atoms with Crippen LogP contribution < -0.4 is 9.57 Å². The fourth-order valence-corrected chi connectivity index (χ4v) is 0.824. The fourth-order valence-electron chi connectivity index (χ4n) is 0.824. The highest BCUT2D eigenvalue weighted by Gasteiger charge is 1.97. The summed E-state index contributed by atoms with van der Waals surface area (Å²) in [6, 6.07) is 4.05. The molecule has 0 saturated heterocycles. The van der Waals surface area contributed by atoms with Crippen molar-refractivity contribution in [1.82, 2.24) is 0 Å². The lowest BCUT2D eigenvalue weighted by Crippen LogP contribution is -2.39. The van der Waals surface area contributed by atoms with Crippen LogP contribution in [0.1, 0.15) is 26.3 Å². The number of aromatic nitrogens is 1. The number of nitrogens with zero attached hydrogens (tertiary/aromatic N) is 1. The van der Waals surface area contributed by atoms with Gasteiger partial charge in [0.05, 0.1) is 0 Å². The Bertz CT molecular complexity index is 191. The maximum Gasteiger partial charge on any atom is 0.225 e. The molecule has 0 amide bonds. The van der Waals surface area contributed by atoms with E-state index in [1.165, 1.54) is 5.56 Å². The predicted octanol–water partition coefficient (Wildman–Crippen LogP) is 1.62. The number of hydrogen-bond acceptors (Lipinski definition) is 1. The van der Waals surface area contributed by atoms with Gasteiger partial charge in [0.1, 0.15) is 7.11 Å². The maximum atomic E-state index is 4.97. The molecule has 0 fully saturated rings. The number of rotatable bonds is 2. The van der Waals surface area contributed by atoms with Gasteiger partial charge in [0.25, 0.3) is 0 Å². The van der Waals surface area contributed by atoms with Crippen molar-refractivity contribution in [2.45, 2.75) is 27.2 Å². The molecule has 1 rings (SSSR count). The third-order valence-electron chi connectivity index (χ3n) is 1.46. The van der Waals surface area contributed by atoms with Gasteiger partial charge in [-0.1, -0.05) is 20.8 Å². The lowest BCUT2D eigenvalue weighted by Gasteiger charge is -1.92. The highest BCUT2D eigenvalue weighted by Crippen LogP contribution is 1.92. The standard InChI is InChI=1S/C8H12NO.C2H6/c1-3-8-5-4-6-9(7-8)10-2;1-2/h4-7H,3H2,1-2H3;1-2H3/q+1;. The second kappa shape index (κ2) is 6.65. The van der Waals surface area contributed by atoms with Gasteiger partial charge in [-0.05, 0) is 12.5 Å². The average Bonchev–Trinajstić information content (AvgIpc) is 2.21. The highest BCUT2D eigenvalue weighted by molar-refractivity contribution is 5.03. The number of pyridine rings is 1. The van der Waals surface area contributed by atoms with Crippen LogP contribution in [-0.4, -0.2) is 7.11 Å². The molecule has 12 heavy (non-hydrogen) atoms. The Morgan fingerprint density at radius 3 is 2.58 bits per heavy atom. The Morgan fingerprint density at radius 2 is 2.08 bits per heavy atom. The van der Waals surface area contributed by atoms with Crippen molar-refractivity contribution in [3.63, 3.8) is 0 Å². The Morgan fingerprint density at radius 1 is 1.42 bits per heavy atom. The molecular weight excluding hydrogens is 150 g/mol. The molecule has 0 aliphatic carbocycles. The minimum absolute atomic E-state index is 1.05. The summed E-state index contributed by atoms with van der Waals surface area (Å²) in [5.74, 6) is 0. The van der Waals surface area contributed by atoms with Crippen molar-refractivity contribution in [1.29, 1.82) is 0 Å². The third-order valence-corrected chi connectivity index (χ3v) is 1.46. The van der Waals surface area contributed by atoms with Gasteiger partial charge >= 0.3 is 0 Å². The van der Waals surface area contributed by atoms with Crippen LogP contribution in [0.3, 0.4) is 0 Å². The molecule has 0 unspecified atom stereocenters. The predicted molar refractivity (Wildman–Crippen MR) is 49.9 cm³/mol. The molecular formula is C10H18NO+. The van der Waals surface area contributed by atoms with Crippen LogP contribution in [0.25, 0.3) is 0 Å². The number of aryl methyl sites for hydroxylation is 1. The van der Waals surface area contributed by atoms with Crippen LogP contribution in [-0.2, 0) is 6.42 Å². The van der Waals surface area contributed by atoms with E-state index in [2.05, 4.69) is 13.0 Å². The Labute approximate surface area is 74.8 Å². The molecule has 1 aromatic rings. The van der Waals surface area contributed by atoms with Crippen LogP contribution in [0.2, 0.25) is 0 Å². The van der Waals surface area contributed by atoms with Crippen LogP contribution in [0.15, 0.2) is 24.5 Å². The van der Waals surface area contributed by atoms with Gasteiger partial charge in [0.15, 0.2) is 0 Å². The normalized spacial score (nSPS) is 8.33. The molecule has 2 heteroatoms. The van der Waals surface area contributed by atoms with Crippen molar-refractivity contribution >= 4 is 0 Å². The molecule has 0 N–H and O–H groups in total. The summed E-state index contributed by atoms with van der Waals surface area (Å²) in [6.45, 7) is 6.12. The smallest absolute Gasteiger partial charge is 0.225 e. The zero-order chi connectivity index (χ0) is 9.40. The molecule has 0 spiro atoms. The largest absolute Gasteiger partial charge is 0.275 e. The lowest BCUT2D eigenvalue weighted by atomic mass is 10.2. The van der Waals surface area contributed by atoms with Crippen molar-refractivity contribution in [2.24, 2.45) is 0 Å². The van der Waals surface area contributed by atoms with E-state index in [-0.39, 0.29) is 0 Å². The third kappa shape index (κ3) is 3.37. The van der Waals surface area contributed by atoms with Gasteiger partial charge in [0.2, 0.25) is 12.4 Å². The molecule has 1 aromatic heterocycles. The molecule has 0 aliphatic rings. The Balaban J connectivity index is 0.000000561. The molecule has 0 atom stereocenters. The van der Waals surface area contributed by atoms with E-state index in [1.54, 1.807) is 11.8 Å². The van der Waals surface area contributed by atoms with Crippen LogP contribution >= 0.6 is 0 Å². The first kappa shape index (κ1) is 11.0. The summed E-state index contributed by atoms with van der Waals surface area (Å²) in [7, 11) is 1.65. The topological polar surface area (TPSA) is 13.1 Å². The maximum absolute atomic E-state index is 4.97. The van der Waals surface area contributed by atoms with E-state index in [1.807, 2.05) is 32.3 Å². The second-order valence-electron chi connectivity index (χ2n) is 2.11. The molecule has 1 heterocycles. The molecule has 0 aliphatic heterocycles. The van der Waals surface area contributed by atoms with E-state index < -0.39 is 0 Å². The van der Waals surface area contributed by atoms with Gasteiger partial charge in [-0.2, -0.15) is 0 Å². The first-order valence-corrected chi connectivity index (χ1v) is 4.41. The SMILES string of the molecule is CC.CCc1ccc[n+](OC)c1. The Kier molecular flexibility index (Phi) is 6.07. The van der Waals surface area contributed by atoms with E-state index in [0.29, 0.717) is 0 Å².